The van der Waals surface area contributed by atoms with Gasteiger partial charge in [0.25, 0.3) is 0 Å². The first-order valence-electron chi connectivity index (χ1n) is 15.7. The molecule has 0 unspecified atom stereocenters. The molecular weight excluding hydrogens is 568 g/mol. The zero-order valence-corrected chi connectivity index (χ0v) is 27.3. The Morgan fingerprint density at radius 1 is 1.07 bits per heavy atom. The Balaban J connectivity index is 1.31. The molecule has 0 atom stereocenters. The summed E-state index contributed by atoms with van der Waals surface area (Å²) in [6.45, 7) is 12.0. The van der Waals surface area contributed by atoms with Crippen LogP contribution in [0.4, 0.5) is 5.88 Å². The van der Waals surface area contributed by atoms with Crippen molar-refractivity contribution in [3.05, 3.63) is 87.9 Å². The minimum atomic E-state index is -0.330. The largest absolute Gasteiger partial charge is 0.488 e. The number of rotatable bonds is 10. The zero-order valence-electron chi connectivity index (χ0n) is 26.5. The number of hydrogen-bond acceptors (Lipinski definition) is 7. The summed E-state index contributed by atoms with van der Waals surface area (Å²) in [5.41, 5.74) is 9.51. The van der Waals surface area contributed by atoms with Gasteiger partial charge in [-0.15, -0.1) is 0 Å². The van der Waals surface area contributed by atoms with Gasteiger partial charge in [0.15, 0.2) is 0 Å². The van der Waals surface area contributed by atoms with Crippen LogP contribution in [0.1, 0.15) is 79.4 Å². The Hall–Kier alpha value is -3.78. The number of aromatic nitrogens is 2. The second-order valence-electron chi connectivity index (χ2n) is 12.7. The second kappa shape index (κ2) is 12.7. The lowest BCUT2D eigenvalue weighted by molar-refractivity contribution is -0.135. The van der Waals surface area contributed by atoms with Crippen LogP contribution in [0.3, 0.4) is 0 Å². The average molecular weight is 611 g/mol. The van der Waals surface area contributed by atoms with Gasteiger partial charge >= 0.3 is 0 Å². The maximum atomic E-state index is 13.3. The summed E-state index contributed by atoms with van der Waals surface area (Å²) in [6, 6.07) is 17.0. The molecule has 1 aliphatic carbocycles. The number of anilines is 1. The van der Waals surface area contributed by atoms with E-state index in [1.165, 1.54) is 36.0 Å². The lowest BCUT2D eigenvalue weighted by Gasteiger charge is -2.23. The highest BCUT2D eigenvalue weighted by atomic mass is 32.2. The van der Waals surface area contributed by atoms with Crippen LogP contribution in [0.2, 0.25) is 0 Å². The molecule has 230 valence electrons. The number of carbonyl (C=O) groups excluding carboxylic acids is 1. The van der Waals surface area contributed by atoms with Gasteiger partial charge in [-0.2, -0.15) is 0 Å². The van der Waals surface area contributed by atoms with E-state index in [2.05, 4.69) is 59.3 Å². The molecule has 2 aromatic carbocycles. The van der Waals surface area contributed by atoms with Gasteiger partial charge < -0.3 is 14.2 Å². The lowest BCUT2D eigenvalue weighted by atomic mass is 9.92. The number of aryl methyl sites for hydroxylation is 3. The van der Waals surface area contributed by atoms with E-state index in [1.807, 2.05) is 38.7 Å². The van der Waals surface area contributed by atoms with Crippen LogP contribution >= 0.6 is 11.9 Å². The first-order valence-corrected chi connectivity index (χ1v) is 16.6. The van der Waals surface area contributed by atoms with E-state index < -0.39 is 0 Å². The summed E-state index contributed by atoms with van der Waals surface area (Å²) < 4.78 is 15.4. The van der Waals surface area contributed by atoms with Crippen molar-refractivity contribution in [2.45, 2.75) is 91.2 Å². The van der Waals surface area contributed by atoms with Gasteiger partial charge in [0.2, 0.25) is 11.8 Å². The van der Waals surface area contributed by atoms with Gasteiger partial charge in [-0.05, 0) is 98.7 Å². The smallest absolute Gasteiger partial charge is 0.237 e. The van der Waals surface area contributed by atoms with Crippen molar-refractivity contribution < 1.29 is 14.1 Å². The predicted octanol–water partition coefficient (Wildman–Crippen LogP) is 8.25. The number of nitrogens with zero attached hydrogens (tertiary/aromatic N) is 3. The summed E-state index contributed by atoms with van der Waals surface area (Å²) in [4.78, 5) is 21.3. The topological polar surface area (TPSA) is 80.5 Å². The molecule has 0 radical (unpaired) electrons. The van der Waals surface area contributed by atoms with Crippen LogP contribution in [0.5, 0.6) is 5.75 Å². The molecule has 0 spiro atoms. The molecule has 8 heteroatoms. The van der Waals surface area contributed by atoms with Gasteiger partial charge in [-0.25, -0.2) is 0 Å². The monoisotopic (exact) mass is 610 g/mol. The maximum absolute atomic E-state index is 13.3. The standard InChI is InChI=1S/C36H42N4O3S/c1-6-27-20-32(30-12-7-9-13-31(30)37-27)42-22-25-15-16-28(26(19-25)21-40-18-17-36(4,5)35(40)41)29-11-8-10-14-33(29)44-39-34-23(2)24(3)38-43-34/h8,10-11,14-16,19-20,39H,6-7,9,12-13,17-18,21-22H2,1-5H3. The van der Waals surface area contributed by atoms with Crippen molar-refractivity contribution in [1.82, 2.24) is 15.0 Å². The summed E-state index contributed by atoms with van der Waals surface area (Å²) in [6.07, 6.45) is 6.18. The number of hydrogen-bond donors (Lipinski definition) is 1. The summed E-state index contributed by atoms with van der Waals surface area (Å²) >= 11 is 1.51. The number of likely N-dealkylation sites (tertiary alicyclic amines) is 1. The van der Waals surface area contributed by atoms with E-state index in [4.69, 9.17) is 14.2 Å². The first-order chi connectivity index (χ1) is 21.2. The predicted molar refractivity (Wildman–Crippen MR) is 176 cm³/mol. The van der Waals surface area contributed by atoms with Crippen LogP contribution in [0, 0.1) is 19.3 Å². The summed E-state index contributed by atoms with van der Waals surface area (Å²) in [7, 11) is 0. The Kier molecular flexibility index (Phi) is 8.72. The van der Waals surface area contributed by atoms with Crippen LogP contribution in [-0.4, -0.2) is 27.5 Å². The minimum absolute atomic E-state index is 0.209. The number of amides is 1. The van der Waals surface area contributed by atoms with E-state index in [0.29, 0.717) is 19.0 Å². The van der Waals surface area contributed by atoms with Crippen LogP contribution in [0.25, 0.3) is 11.1 Å². The number of nitrogens with one attached hydrogen (secondary N) is 1. The lowest BCUT2D eigenvalue weighted by Crippen LogP contribution is -2.30. The van der Waals surface area contributed by atoms with Crippen molar-refractivity contribution in [1.29, 1.82) is 0 Å². The molecular formula is C36H42N4O3S. The molecule has 1 fully saturated rings. The summed E-state index contributed by atoms with van der Waals surface area (Å²) in [5.74, 6) is 1.84. The highest BCUT2D eigenvalue weighted by molar-refractivity contribution is 8.00. The molecule has 1 aliphatic heterocycles. The number of ether oxygens (including phenoxy) is 1. The van der Waals surface area contributed by atoms with Gasteiger partial charge in [-0.3, -0.25) is 14.5 Å². The highest BCUT2D eigenvalue weighted by Gasteiger charge is 2.38. The molecule has 0 bridgehead atoms. The fourth-order valence-electron chi connectivity index (χ4n) is 6.12. The average Bonchev–Trinajstić information content (AvgIpc) is 3.49. The normalized spacial score (nSPS) is 15.8. The van der Waals surface area contributed by atoms with Gasteiger partial charge in [0.05, 0.1) is 5.69 Å². The zero-order chi connectivity index (χ0) is 30.8. The van der Waals surface area contributed by atoms with E-state index >= 15 is 0 Å². The minimum Gasteiger partial charge on any atom is -0.488 e. The van der Waals surface area contributed by atoms with Crippen LogP contribution < -0.4 is 9.46 Å². The molecule has 2 aliphatic rings. The third-order valence-electron chi connectivity index (χ3n) is 9.06. The fourth-order valence-corrected chi connectivity index (χ4v) is 6.95. The summed E-state index contributed by atoms with van der Waals surface area (Å²) in [5, 5.41) is 4.08. The Bertz CT molecular complexity index is 1680. The molecule has 3 heterocycles. The Labute approximate surface area is 264 Å². The number of pyridine rings is 1. The number of fused-ring (bicyclic) bond motifs is 1. The van der Waals surface area contributed by atoms with E-state index in [0.717, 1.165) is 82.1 Å². The first kappa shape index (κ1) is 30.3. The fraction of sp³-hybridized carbons (Fsp3) is 0.417. The van der Waals surface area contributed by atoms with Gasteiger partial charge in [0.1, 0.15) is 12.4 Å². The SMILES string of the molecule is CCc1cc(OCc2ccc(-c3ccccc3SNc3onc(C)c3C)c(CN3CCC(C)(C)C3=O)c2)c2c(n1)CCCC2. The van der Waals surface area contributed by atoms with E-state index in [9.17, 15) is 4.79 Å². The van der Waals surface area contributed by atoms with Crippen molar-refractivity contribution in [3.8, 4) is 16.9 Å². The molecule has 6 rings (SSSR count). The van der Waals surface area contributed by atoms with Crippen LogP contribution in [-0.2, 0) is 37.2 Å². The molecule has 0 saturated carbocycles. The molecule has 44 heavy (non-hydrogen) atoms. The van der Waals surface area contributed by atoms with Crippen LogP contribution in [0.15, 0.2) is 57.9 Å². The molecule has 1 saturated heterocycles. The Morgan fingerprint density at radius 2 is 1.89 bits per heavy atom. The number of benzene rings is 2. The maximum Gasteiger partial charge on any atom is 0.237 e. The van der Waals surface area contributed by atoms with Gasteiger partial charge in [0, 0.05) is 52.0 Å². The van der Waals surface area contributed by atoms with Crippen molar-refractivity contribution in [2.24, 2.45) is 5.41 Å². The van der Waals surface area contributed by atoms with Gasteiger partial charge in [-0.1, -0.05) is 56.3 Å². The van der Waals surface area contributed by atoms with Crippen molar-refractivity contribution >= 4 is 23.7 Å². The highest BCUT2D eigenvalue weighted by Crippen LogP contribution is 2.38. The molecule has 2 aromatic heterocycles. The van der Waals surface area contributed by atoms with E-state index in [1.54, 1.807) is 0 Å². The second-order valence-corrected chi connectivity index (χ2v) is 13.5. The molecule has 7 nitrogen and oxygen atoms in total. The number of carbonyl (C=O) groups is 1. The van der Waals surface area contributed by atoms with Crippen molar-refractivity contribution in [3.63, 3.8) is 0 Å². The third-order valence-corrected chi connectivity index (χ3v) is 9.92. The third kappa shape index (κ3) is 6.23. The Morgan fingerprint density at radius 3 is 2.64 bits per heavy atom. The molecule has 4 aromatic rings. The molecule has 1 N–H and O–H groups in total. The molecule has 1 amide bonds. The van der Waals surface area contributed by atoms with E-state index in [-0.39, 0.29) is 11.3 Å². The quantitative estimate of drug-likeness (QED) is 0.181. The van der Waals surface area contributed by atoms with Crippen molar-refractivity contribution in [2.75, 3.05) is 11.3 Å².